The van der Waals surface area contributed by atoms with E-state index >= 15 is 0 Å². The molecule has 7 heteroatoms. The topological polar surface area (TPSA) is 68.5 Å². The van der Waals surface area contributed by atoms with Crippen LogP contribution in [-0.2, 0) is 13.0 Å². The van der Waals surface area contributed by atoms with Gasteiger partial charge in [0.15, 0.2) is 0 Å². The molecule has 0 spiro atoms. The lowest BCUT2D eigenvalue weighted by atomic mass is 10.2. The number of hydrogen-bond acceptors (Lipinski definition) is 5. The SMILES string of the molecule is COc1cccc(CN(C)C(=O)c2csc(CCN)n2)c1.Cl. The first-order chi connectivity index (χ1) is 10.1. The summed E-state index contributed by atoms with van der Waals surface area (Å²) in [6.45, 7) is 1.06. The summed E-state index contributed by atoms with van der Waals surface area (Å²) < 4.78 is 5.19. The Bertz CT molecular complexity index is 618. The predicted octanol–water partition coefficient (Wildman–Crippen LogP) is 2.35. The van der Waals surface area contributed by atoms with Crippen molar-refractivity contribution in [3.8, 4) is 5.75 Å². The van der Waals surface area contributed by atoms with Gasteiger partial charge >= 0.3 is 0 Å². The quantitative estimate of drug-likeness (QED) is 0.875. The molecular weight excluding hydrogens is 322 g/mol. The third-order valence-electron chi connectivity index (χ3n) is 3.03. The van der Waals surface area contributed by atoms with E-state index in [0.29, 0.717) is 25.2 Å². The highest BCUT2D eigenvalue weighted by Crippen LogP contribution is 2.16. The molecule has 0 unspecified atom stereocenters. The van der Waals surface area contributed by atoms with Crippen LogP contribution in [0.2, 0.25) is 0 Å². The van der Waals surface area contributed by atoms with Gasteiger partial charge in [-0.25, -0.2) is 4.98 Å². The number of ether oxygens (including phenoxy) is 1. The van der Waals surface area contributed by atoms with Gasteiger partial charge in [0.25, 0.3) is 5.91 Å². The Morgan fingerprint density at radius 2 is 2.23 bits per heavy atom. The highest BCUT2D eigenvalue weighted by molar-refractivity contribution is 7.09. The third kappa shape index (κ3) is 4.69. The normalized spacial score (nSPS) is 9.95. The summed E-state index contributed by atoms with van der Waals surface area (Å²) in [5.41, 5.74) is 6.99. The molecule has 5 nitrogen and oxygen atoms in total. The second kappa shape index (κ2) is 8.73. The van der Waals surface area contributed by atoms with E-state index in [1.807, 2.05) is 24.3 Å². The Morgan fingerprint density at radius 1 is 1.45 bits per heavy atom. The van der Waals surface area contributed by atoms with Gasteiger partial charge in [-0.2, -0.15) is 0 Å². The van der Waals surface area contributed by atoms with Crippen molar-refractivity contribution in [1.82, 2.24) is 9.88 Å². The average Bonchev–Trinajstić information content (AvgIpc) is 2.95. The summed E-state index contributed by atoms with van der Waals surface area (Å²) in [4.78, 5) is 18.3. The van der Waals surface area contributed by atoms with Gasteiger partial charge in [-0.1, -0.05) is 12.1 Å². The van der Waals surface area contributed by atoms with E-state index in [-0.39, 0.29) is 18.3 Å². The second-order valence-corrected chi connectivity index (χ2v) is 5.62. The van der Waals surface area contributed by atoms with Crippen LogP contribution in [0.5, 0.6) is 5.75 Å². The molecule has 1 aromatic heterocycles. The van der Waals surface area contributed by atoms with Crippen molar-refractivity contribution < 1.29 is 9.53 Å². The van der Waals surface area contributed by atoms with Gasteiger partial charge in [0.1, 0.15) is 11.4 Å². The number of halogens is 1. The van der Waals surface area contributed by atoms with E-state index in [2.05, 4.69) is 4.98 Å². The molecule has 0 aliphatic rings. The van der Waals surface area contributed by atoms with E-state index in [1.54, 1.807) is 24.4 Å². The zero-order valence-corrected chi connectivity index (χ0v) is 14.2. The van der Waals surface area contributed by atoms with E-state index in [4.69, 9.17) is 10.5 Å². The molecule has 2 N–H and O–H groups in total. The molecule has 0 atom stereocenters. The monoisotopic (exact) mass is 341 g/mol. The van der Waals surface area contributed by atoms with Crippen LogP contribution in [0.25, 0.3) is 0 Å². The van der Waals surface area contributed by atoms with Crippen LogP contribution in [-0.4, -0.2) is 36.5 Å². The standard InChI is InChI=1S/C15H19N3O2S.ClH/c1-18(9-11-4-3-5-12(8-11)20-2)15(19)13-10-21-14(17-13)6-7-16;/h3-5,8,10H,6-7,9,16H2,1-2H3;1H. The molecule has 0 saturated heterocycles. The first kappa shape index (κ1) is 18.4. The van der Waals surface area contributed by atoms with E-state index < -0.39 is 0 Å². The van der Waals surface area contributed by atoms with Crippen LogP contribution in [0.4, 0.5) is 0 Å². The van der Waals surface area contributed by atoms with Crippen LogP contribution >= 0.6 is 23.7 Å². The largest absolute Gasteiger partial charge is 0.497 e. The molecule has 2 aromatic rings. The number of rotatable bonds is 6. The first-order valence-corrected chi connectivity index (χ1v) is 7.55. The fraction of sp³-hybridized carbons (Fsp3) is 0.333. The van der Waals surface area contributed by atoms with Crippen molar-refractivity contribution >= 4 is 29.7 Å². The second-order valence-electron chi connectivity index (χ2n) is 4.68. The minimum Gasteiger partial charge on any atom is -0.497 e. The number of nitrogens with two attached hydrogens (primary N) is 1. The molecule has 1 aromatic carbocycles. The molecule has 0 aliphatic heterocycles. The van der Waals surface area contributed by atoms with Gasteiger partial charge in [0, 0.05) is 25.4 Å². The molecule has 1 amide bonds. The summed E-state index contributed by atoms with van der Waals surface area (Å²) in [7, 11) is 3.39. The van der Waals surface area contributed by atoms with Crippen LogP contribution in [0.1, 0.15) is 21.1 Å². The van der Waals surface area contributed by atoms with E-state index in [9.17, 15) is 4.79 Å². The van der Waals surface area contributed by atoms with Gasteiger partial charge in [0.05, 0.1) is 12.1 Å². The fourth-order valence-corrected chi connectivity index (χ4v) is 2.75. The summed E-state index contributed by atoms with van der Waals surface area (Å²) in [5, 5.41) is 2.69. The summed E-state index contributed by atoms with van der Waals surface area (Å²) in [5.74, 6) is 0.699. The number of carbonyl (C=O) groups is 1. The van der Waals surface area contributed by atoms with Gasteiger partial charge in [-0.05, 0) is 24.2 Å². The molecule has 1 heterocycles. The number of benzene rings is 1. The number of aromatic nitrogens is 1. The number of methoxy groups -OCH3 is 1. The Kier molecular flexibility index (Phi) is 7.31. The Balaban J connectivity index is 0.00000242. The number of nitrogens with zero attached hydrogens (tertiary/aromatic N) is 2. The molecule has 0 aliphatic carbocycles. The van der Waals surface area contributed by atoms with Gasteiger partial charge in [-0.15, -0.1) is 23.7 Å². The lowest BCUT2D eigenvalue weighted by molar-refractivity contribution is 0.0780. The highest BCUT2D eigenvalue weighted by Gasteiger charge is 2.15. The number of carbonyl (C=O) groups excluding carboxylic acids is 1. The van der Waals surface area contributed by atoms with Crippen LogP contribution in [0.15, 0.2) is 29.6 Å². The minimum atomic E-state index is -0.0858. The Hall–Kier alpha value is -1.63. The molecule has 0 radical (unpaired) electrons. The van der Waals surface area contributed by atoms with Crippen molar-refractivity contribution in [2.45, 2.75) is 13.0 Å². The number of hydrogen-bond donors (Lipinski definition) is 1. The molecule has 0 fully saturated rings. The van der Waals surface area contributed by atoms with Crippen molar-refractivity contribution in [2.24, 2.45) is 5.73 Å². The zero-order valence-electron chi connectivity index (χ0n) is 12.6. The van der Waals surface area contributed by atoms with E-state index in [0.717, 1.165) is 16.3 Å². The molecule has 0 bridgehead atoms. The lowest BCUT2D eigenvalue weighted by Gasteiger charge is -2.16. The van der Waals surface area contributed by atoms with E-state index in [1.165, 1.54) is 11.3 Å². The molecule has 0 saturated carbocycles. The molecule has 120 valence electrons. The smallest absolute Gasteiger partial charge is 0.273 e. The molecular formula is C15H20ClN3O2S. The van der Waals surface area contributed by atoms with Gasteiger partial charge < -0.3 is 15.4 Å². The summed E-state index contributed by atoms with van der Waals surface area (Å²) in [6.07, 6.45) is 0.706. The third-order valence-corrected chi connectivity index (χ3v) is 3.94. The fourth-order valence-electron chi connectivity index (χ4n) is 1.96. The molecule has 2 rings (SSSR count). The van der Waals surface area contributed by atoms with Crippen molar-refractivity contribution in [3.63, 3.8) is 0 Å². The maximum absolute atomic E-state index is 12.3. The first-order valence-electron chi connectivity index (χ1n) is 6.67. The van der Waals surface area contributed by atoms with Crippen LogP contribution in [0.3, 0.4) is 0 Å². The average molecular weight is 342 g/mol. The highest BCUT2D eigenvalue weighted by atomic mass is 35.5. The van der Waals surface area contributed by atoms with Gasteiger partial charge in [0.2, 0.25) is 0 Å². The summed E-state index contributed by atoms with van der Waals surface area (Å²) >= 11 is 1.47. The maximum Gasteiger partial charge on any atom is 0.273 e. The summed E-state index contributed by atoms with van der Waals surface area (Å²) in [6, 6.07) is 7.68. The van der Waals surface area contributed by atoms with Crippen LogP contribution in [0, 0.1) is 0 Å². The Morgan fingerprint density at radius 3 is 2.91 bits per heavy atom. The lowest BCUT2D eigenvalue weighted by Crippen LogP contribution is -2.26. The predicted molar refractivity (Wildman–Crippen MR) is 90.9 cm³/mol. The number of thiazole rings is 1. The van der Waals surface area contributed by atoms with Crippen molar-refractivity contribution in [2.75, 3.05) is 20.7 Å². The Labute approximate surface area is 140 Å². The van der Waals surface area contributed by atoms with Gasteiger partial charge in [-0.3, -0.25) is 4.79 Å². The molecule has 22 heavy (non-hydrogen) atoms. The van der Waals surface area contributed by atoms with Crippen molar-refractivity contribution in [1.29, 1.82) is 0 Å². The van der Waals surface area contributed by atoms with Crippen molar-refractivity contribution in [3.05, 3.63) is 45.9 Å². The van der Waals surface area contributed by atoms with Crippen LogP contribution < -0.4 is 10.5 Å². The minimum absolute atomic E-state index is 0. The zero-order chi connectivity index (χ0) is 15.2. The maximum atomic E-state index is 12.3. The number of amides is 1.